The minimum absolute atomic E-state index is 0.313. The SMILES string of the molecule is CC(C)COC(=O)NCCCCCN. The van der Waals surface area contributed by atoms with Gasteiger partial charge >= 0.3 is 6.09 Å². The summed E-state index contributed by atoms with van der Waals surface area (Å²) in [6, 6.07) is 0. The summed E-state index contributed by atoms with van der Waals surface area (Å²) >= 11 is 0. The van der Waals surface area contributed by atoms with E-state index in [1.807, 2.05) is 13.8 Å². The Hall–Kier alpha value is -0.770. The van der Waals surface area contributed by atoms with Gasteiger partial charge in [0.15, 0.2) is 0 Å². The number of unbranched alkanes of at least 4 members (excludes halogenated alkanes) is 2. The number of carbonyl (C=O) groups excluding carboxylic acids is 1. The first-order valence-electron chi connectivity index (χ1n) is 5.27. The van der Waals surface area contributed by atoms with E-state index in [1.165, 1.54) is 0 Å². The van der Waals surface area contributed by atoms with Gasteiger partial charge in [0.25, 0.3) is 0 Å². The van der Waals surface area contributed by atoms with Crippen molar-refractivity contribution in [3.05, 3.63) is 0 Å². The molecule has 0 radical (unpaired) electrons. The molecule has 14 heavy (non-hydrogen) atoms. The van der Waals surface area contributed by atoms with Crippen LogP contribution in [-0.4, -0.2) is 25.8 Å². The quantitative estimate of drug-likeness (QED) is 0.615. The van der Waals surface area contributed by atoms with E-state index in [1.54, 1.807) is 0 Å². The Morgan fingerprint density at radius 3 is 2.64 bits per heavy atom. The molecule has 3 N–H and O–H groups in total. The maximum absolute atomic E-state index is 11.0. The van der Waals surface area contributed by atoms with E-state index in [4.69, 9.17) is 10.5 Å². The molecule has 0 aliphatic carbocycles. The third kappa shape index (κ3) is 9.32. The minimum atomic E-state index is -0.313. The number of rotatable bonds is 7. The van der Waals surface area contributed by atoms with Crippen LogP contribution in [0.1, 0.15) is 33.1 Å². The zero-order valence-electron chi connectivity index (χ0n) is 9.21. The molecular formula is C10H22N2O2. The molecule has 84 valence electrons. The van der Waals surface area contributed by atoms with Crippen LogP contribution >= 0.6 is 0 Å². The average molecular weight is 202 g/mol. The van der Waals surface area contributed by atoms with Crippen LogP contribution in [0.2, 0.25) is 0 Å². The van der Waals surface area contributed by atoms with E-state index < -0.39 is 0 Å². The van der Waals surface area contributed by atoms with Crippen LogP contribution in [-0.2, 0) is 4.74 Å². The number of alkyl carbamates (subject to hydrolysis) is 1. The molecule has 0 aromatic heterocycles. The van der Waals surface area contributed by atoms with Crippen LogP contribution in [0.25, 0.3) is 0 Å². The van der Waals surface area contributed by atoms with E-state index in [0.717, 1.165) is 25.8 Å². The van der Waals surface area contributed by atoms with Crippen molar-refractivity contribution < 1.29 is 9.53 Å². The third-order valence-electron chi connectivity index (χ3n) is 1.70. The summed E-state index contributed by atoms with van der Waals surface area (Å²) in [4.78, 5) is 11.0. The fraction of sp³-hybridized carbons (Fsp3) is 0.900. The molecule has 0 aromatic rings. The molecule has 1 amide bonds. The second-order valence-electron chi connectivity index (χ2n) is 3.77. The van der Waals surface area contributed by atoms with Gasteiger partial charge in [-0.25, -0.2) is 4.79 Å². The molecule has 4 heteroatoms. The van der Waals surface area contributed by atoms with Crippen molar-refractivity contribution in [1.82, 2.24) is 5.32 Å². The fourth-order valence-electron chi connectivity index (χ4n) is 0.930. The van der Waals surface area contributed by atoms with Crippen molar-refractivity contribution in [3.63, 3.8) is 0 Å². The fourth-order valence-corrected chi connectivity index (χ4v) is 0.930. The molecule has 0 aliphatic heterocycles. The molecule has 4 nitrogen and oxygen atoms in total. The number of amides is 1. The molecule has 0 rings (SSSR count). The van der Waals surface area contributed by atoms with E-state index in [0.29, 0.717) is 19.1 Å². The predicted molar refractivity (Wildman–Crippen MR) is 57.1 cm³/mol. The lowest BCUT2D eigenvalue weighted by molar-refractivity contribution is 0.133. The van der Waals surface area contributed by atoms with E-state index in [2.05, 4.69) is 5.32 Å². The topological polar surface area (TPSA) is 64.3 Å². The average Bonchev–Trinajstić information content (AvgIpc) is 2.14. The van der Waals surface area contributed by atoms with Crippen LogP contribution in [0.4, 0.5) is 4.79 Å². The monoisotopic (exact) mass is 202 g/mol. The molecule has 0 saturated carbocycles. The van der Waals surface area contributed by atoms with Gasteiger partial charge < -0.3 is 15.8 Å². The van der Waals surface area contributed by atoms with Crippen molar-refractivity contribution in [3.8, 4) is 0 Å². The Morgan fingerprint density at radius 2 is 2.07 bits per heavy atom. The Kier molecular flexibility index (Phi) is 8.33. The first kappa shape index (κ1) is 13.2. The second-order valence-corrected chi connectivity index (χ2v) is 3.77. The van der Waals surface area contributed by atoms with E-state index >= 15 is 0 Å². The highest BCUT2D eigenvalue weighted by molar-refractivity contribution is 5.66. The van der Waals surface area contributed by atoms with Gasteiger partial charge in [0.05, 0.1) is 6.61 Å². The van der Waals surface area contributed by atoms with E-state index in [-0.39, 0.29) is 6.09 Å². The molecular weight excluding hydrogens is 180 g/mol. The first-order chi connectivity index (χ1) is 6.66. The van der Waals surface area contributed by atoms with Gasteiger partial charge in [-0.15, -0.1) is 0 Å². The zero-order chi connectivity index (χ0) is 10.8. The third-order valence-corrected chi connectivity index (χ3v) is 1.70. The number of ether oxygens (including phenoxy) is 1. The van der Waals surface area contributed by atoms with Gasteiger partial charge in [0.2, 0.25) is 0 Å². The van der Waals surface area contributed by atoms with Gasteiger partial charge in [0, 0.05) is 6.54 Å². The molecule has 0 aliphatic rings. The summed E-state index contributed by atoms with van der Waals surface area (Å²) in [7, 11) is 0. The van der Waals surface area contributed by atoms with Crippen molar-refractivity contribution in [1.29, 1.82) is 0 Å². The Balaban J connectivity index is 3.18. The van der Waals surface area contributed by atoms with Crippen LogP contribution in [0.15, 0.2) is 0 Å². The Labute approximate surface area is 86.2 Å². The summed E-state index contributed by atoms with van der Waals surface area (Å²) < 4.78 is 4.94. The molecule has 0 saturated heterocycles. The van der Waals surface area contributed by atoms with Gasteiger partial charge in [-0.3, -0.25) is 0 Å². The molecule has 0 atom stereocenters. The van der Waals surface area contributed by atoms with Crippen LogP contribution in [0.5, 0.6) is 0 Å². The number of hydrogen-bond donors (Lipinski definition) is 2. The van der Waals surface area contributed by atoms with Gasteiger partial charge in [-0.05, 0) is 25.3 Å². The second kappa shape index (κ2) is 8.81. The number of hydrogen-bond acceptors (Lipinski definition) is 3. The number of nitrogens with two attached hydrogens (primary N) is 1. The normalized spacial score (nSPS) is 10.3. The zero-order valence-corrected chi connectivity index (χ0v) is 9.21. The van der Waals surface area contributed by atoms with Crippen molar-refractivity contribution in [2.24, 2.45) is 11.7 Å². The maximum Gasteiger partial charge on any atom is 0.407 e. The number of nitrogens with one attached hydrogen (secondary N) is 1. The summed E-state index contributed by atoms with van der Waals surface area (Å²) in [6.45, 7) is 5.90. The van der Waals surface area contributed by atoms with Crippen LogP contribution < -0.4 is 11.1 Å². The highest BCUT2D eigenvalue weighted by Crippen LogP contribution is 1.94. The highest BCUT2D eigenvalue weighted by Gasteiger charge is 2.01. The summed E-state index contributed by atoms with van der Waals surface area (Å²) in [6.07, 6.45) is 2.73. The Bertz CT molecular complexity index is 149. The van der Waals surface area contributed by atoms with Gasteiger partial charge in [-0.1, -0.05) is 20.3 Å². The standard InChI is InChI=1S/C10H22N2O2/c1-9(2)8-14-10(13)12-7-5-3-4-6-11/h9H,3-8,11H2,1-2H3,(H,12,13). The van der Waals surface area contributed by atoms with Gasteiger partial charge in [-0.2, -0.15) is 0 Å². The smallest absolute Gasteiger partial charge is 0.407 e. The molecule has 0 fully saturated rings. The molecule has 0 bridgehead atoms. The Morgan fingerprint density at radius 1 is 1.36 bits per heavy atom. The molecule has 0 unspecified atom stereocenters. The molecule has 0 spiro atoms. The largest absolute Gasteiger partial charge is 0.449 e. The van der Waals surface area contributed by atoms with Crippen LogP contribution in [0.3, 0.4) is 0 Å². The van der Waals surface area contributed by atoms with E-state index in [9.17, 15) is 4.79 Å². The lowest BCUT2D eigenvalue weighted by atomic mass is 10.2. The molecule has 0 aromatic carbocycles. The summed E-state index contributed by atoms with van der Waals surface area (Å²) in [5, 5.41) is 2.69. The minimum Gasteiger partial charge on any atom is -0.449 e. The van der Waals surface area contributed by atoms with Gasteiger partial charge in [0.1, 0.15) is 0 Å². The summed E-state index contributed by atoms with van der Waals surface area (Å²) in [5.74, 6) is 0.387. The predicted octanol–water partition coefficient (Wildman–Crippen LogP) is 1.50. The lowest BCUT2D eigenvalue weighted by Crippen LogP contribution is -2.26. The molecule has 0 heterocycles. The maximum atomic E-state index is 11.0. The number of carbonyl (C=O) groups is 1. The van der Waals surface area contributed by atoms with Crippen LogP contribution in [0, 0.1) is 5.92 Å². The summed E-state index contributed by atoms with van der Waals surface area (Å²) in [5.41, 5.74) is 5.34. The van der Waals surface area contributed by atoms with Crippen molar-refractivity contribution in [2.75, 3.05) is 19.7 Å². The highest BCUT2D eigenvalue weighted by atomic mass is 16.5. The first-order valence-corrected chi connectivity index (χ1v) is 5.27. The lowest BCUT2D eigenvalue weighted by Gasteiger charge is -2.08. The van der Waals surface area contributed by atoms with Crippen molar-refractivity contribution >= 4 is 6.09 Å². The van der Waals surface area contributed by atoms with Crippen molar-refractivity contribution in [2.45, 2.75) is 33.1 Å².